The SMILES string of the molecule is [2H]C([2H])([2H])C(n1nc(-c2ccc(CC(=O)O)cc2)c2c(N)ncnc21)C([2H])([2H])[2H]. The molecule has 0 amide bonds. The van der Waals surface area contributed by atoms with Gasteiger partial charge in [-0.25, -0.2) is 14.6 Å². The van der Waals surface area contributed by atoms with Gasteiger partial charge in [-0.1, -0.05) is 24.3 Å². The van der Waals surface area contributed by atoms with Gasteiger partial charge in [-0.3, -0.25) is 4.79 Å². The Morgan fingerprint density at radius 1 is 1.35 bits per heavy atom. The molecule has 2 heterocycles. The van der Waals surface area contributed by atoms with E-state index in [-0.39, 0.29) is 29.0 Å². The van der Waals surface area contributed by atoms with Gasteiger partial charge < -0.3 is 10.8 Å². The summed E-state index contributed by atoms with van der Waals surface area (Å²) in [5.41, 5.74) is 7.19. The highest BCUT2D eigenvalue weighted by Crippen LogP contribution is 2.31. The molecule has 0 saturated heterocycles. The number of hydrogen-bond acceptors (Lipinski definition) is 5. The highest BCUT2D eigenvalue weighted by molar-refractivity contribution is 5.98. The van der Waals surface area contributed by atoms with Gasteiger partial charge in [0.15, 0.2) is 5.65 Å². The number of hydrogen-bond donors (Lipinski definition) is 2. The van der Waals surface area contributed by atoms with Crippen molar-refractivity contribution in [2.24, 2.45) is 0 Å². The Balaban J connectivity index is 2.23. The molecule has 2 aromatic heterocycles. The molecule has 0 aliphatic heterocycles. The zero-order valence-electron chi connectivity index (χ0n) is 17.9. The van der Waals surface area contributed by atoms with Crippen LogP contribution in [0.3, 0.4) is 0 Å². The number of carboxylic acids is 1. The predicted molar refractivity (Wildman–Crippen MR) is 86.9 cm³/mol. The third-order valence-electron chi connectivity index (χ3n) is 3.35. The summed E-state index contributed by atoms with van der Waals surface area (Å²) in [6.45, 7) is -5.76. The molecular formula is C16H17N5O2. The Kier molecular flexibility index (Phi) is 2.28. The van der Waals surface area contributed by atoms with Gasteiger partial charge in [0, 0.05) is 19.8 Å². The van der Waals surface area contributed by atoms with E-state index in [4.69, 9.17) is 19.1 Å². The summed E-state index contributed by atoms with van der Waals surface area (Å²) in [6.07, 6.45) is 0.937. The molecule has 3 N–H and O–H groups in total. The minimum Gasteiger partial charge on any atom is -0.481 e. The predicted octanol–water partition coefficient (Wildman–Crippen LogP) is 2.28. The van der Waals surface area contributed by atoms with Gasteiger partial charge >= 0.3 is 5.97 Å². The Hall–Kier alpha value is -2.96. The maximum Gasteiger partial charge on any atom is 0.307 e. The number of nitrogens with two attached hydrogens (primary N) is 1. The van der Waals surface area contributed by atoms with Crippen LogP contribution in [0.2, 0.25) is 0 Å². The van der Waals surface area contributed by atoms with Gasteiger partial charge in [0.1, 0.15) is 17.8 Å². The molecule has 3 rings (SSSR count). The van der Waals surface area contributed by atoms with Gasteiger partial charge in [-0.05, 0) is 19.3 Å². The van der Waals surface area contributed by atoms with Crippen LogP contribution in [0.1, 0.15) is 33.5 Å². The standard InChI is InChI=1S/C16H17N5O2/c1-9(2)21-16-13(15(17)18-8-19-16)14(20-21)11-5-3-10(4-6-11)7-12(22)23/h3-6,8-9H,7H2,1-2H3,(H,22,23)(H2,17,18,19)/i1D3,2D3. The number of carbonyl (C=O) groups is 1. The van der Waals surface area contributed by atoms with E-state index in [0.717, 1.165) is 11.0 Å². The van der Waals surface area contributed by atoms with E-state index < -0.39 is 25.7 Å². The molecule has 0 aliphatic rings. The van der Waals surface area contributed by atoms with Crippen molar-refractivity contribution in [2.75, 3.05) is 5.73 Å². The zero-order valence-corrected chi connectivity index (χ0v) is 11.9. The molecular weight excluding hydrogens is 294 g/mol. The second-order valence-corrected chi connectivity index (χ2v) is 4.92. The second kappa shape index (κ2) is 5.68. The van der Waals surface area contributed by atoms with Crippen molar-refractivity contribution in [3.8, 4) is 11.3 Å². The van der Waals surface area contributed by atoms with Gasteiger partial charge in [0.25, 0.3) is 0 Å². The van der Waals surface area contributed by atoms with Crippen LogP contribution in [0.5, 0.6) is 0 Å². The summed E-state index contributed by atoms with van der Waals surface area (Å²) in [4.78, 5) is 18.8. The molecule has 0 unspecified atom stereocenters. The molecule has 7 heteroatoms. The molecule has 7 nitrogen and oxygen atoms in total. The number of nitrogen functional groups attached to an aromatic ring is 1. The van der Waals surface area contributed by atoms with Crippen LogP contribution in [-0.2, 0) is 11.2 Å². The number of fused-ring (bicyclic) bond motifs is 1. The van der Waals surface area contributed by atoms with Crippen molar-refractivity contribution < 1.29 is 18.1 Å². The molecule has 0 bridgehead atoms. The lowest BCUT2D eigenvalue weighted by atomic mass is 10.1. The number of anilines is 1. The fourth-order valence-corrected chi connectivity index (χ4v) is 2.33. The Morgan fingerprint density at radius 3 is 2.74 bits per heavy atom. The Morgan fingerprint density at radius 2 is 2.09 bits per heavy atom. The molecule has 23 heavy (non-hydrogen) atoms. The first-order valence-electron chi connectivity index (χ1n) is 9.69. The topological polar surface area (TPSA) is 107 Å². The summed E-state index contributed by atoms with van der Waals surface area (Å²) in [7, 11) is 0. The monoisotopic (exact) mass is 317 g/mol. The number of nitrogens with zero attached hydrogens (tertiary/aromatic N) is 4. The second-order valence-electron chi connectivity index (χ2n) is 4.92. The molecule has 0 atom stereocenters. The first-order valence-corrected chi connectivity index (χ1v) is 6.69. The summed E-state index contributed by atoms with van der Waals surface area (Å²) >= 11 is 0. The summed E-state index contributed by atoms with van der Waals surface area (Å²) < 4.78 is 47.1. The average molecular weight is 317 g/mol. The lowest BCUT2D eigenvalue weighted by Crippen LogP contribution is -2.04. The highest BCUT2D eigenvalue weighted by Gasteiger charge is 2.18. The summed E-state index contributed by atoms with van der Waals surface area (Å²) in [5.74, 6) is -0.969. The maximum absolute atomic E-state index is 10.9. The number of carboxylic acid groups (broad SMARTS) is 1. The van der Waals surface area contributed by atoms with Gasteiger partial charge in [0.05, 0.1) is 11.8 Å². The fourth-order valence-electron chi connectivity index (χ4n) is 2.33. The summed E-state index contributed by atoms with van der Waals surface area (Å²) in [5, 5.41) is 13.4. The molecule has 1 aromatic carbocycles. The average Bonchev–Trinajstić information content (AvgIpc) is 2.93. The largest absolute Gasteiger partial charge is 0.481 e. The van der Waals surface area contributed by atoms with E-state index in [1.54, 1.807) is 24.3 Å². The van der Waals surface area contributed by atoms with E-state index in [2.05, 4.69) is 15.1 Å². The first-order chi connectivity index (χ1) is 13.4. The van der Waals surface area contributed by atoms with Crippen LogP contribution in [0.15, 0.2) is 30.6 Å². The summed E-state index contributed by atoms with van der Waals surface area (Å²) in [6, 6.07) is 4.41. The van der Waals surface area contributed by atoms with Crippen LogP contribution in [-0.4, -0.2) is 30.8 Å². The third kappa shape index (κ3) is 2.73. The molecule has 0 fully saturated rings. The number of aromatic nitrogens is 4. The smallest absolute Gasteiger partial charge is 0.307 e. The minimum atomic E-state index is -2.88. The fraction of sp³-hybridized carbons (Fsp3) is 0.250. The van der Waals surface area contributed by atoms with Crippen molar-refractivity contribution in [3.63, 3.8) is 0 Å². The van der Waals surface area contributed by atoms with Crippen molar-refractivity contribution in [1.82, 2.24) is 19.7 Å². The molecule has 0 radical (unpaired) electrons. The highest BCUT2D eigenvalue weighted by atomic mass is 16.4. The molecule has 3 aromatic rings. The quantitative estimate of drug-likeness (QED) is 0.764. The normalized spacial score (nSPS) is 16.2. The molecule has 0 spiro atoms. The Bertz CT molecular complexity index is 1040. The lowest BCUT2D eigenvalue weighted by Gasteiger charge is -2.05. The molecule has 0 saturated carbocycles. The van der Waals surface area contributed by atoms with Crippen molar-refractivity contribution in [2.45, 2.75) is 26.2 Å². The van der Waals surface area contributed by atoms with Crippen LogP contribution in [0.25, 0.3) is 22.3 Å². The van der Waals surface area contributed by atoms with E-state index >= 15 is 0 Å². The van der Waals surface area contributed by atoms with Gasteiger partial charge in [-0.2, -0.15) is 5.10 Å². The third-order valence-corrected chi connectivity index (χ3v) is 3.35. The van der Waals surface area contributed by atoms with Crippen molar-refractivity contribution in [1.29, 1.82) is 0 Å². The van der Waals surface area contributed by atoms with Crippen LogP contribution in [0.4, 0.5) is 5.82 Å². The number of aliphatic carboxylic acids is 1. The van der Waals surface area contributed by atoms with Gasteiger partial charge in [0.2, 0.25) is 0 Å². The minimum absolute atomic E-state index is 0.0145. The Labute approximate surface area is 141 Å². The maximum atomic E-state index is 10.9. The van der Waals surface area contributed by atoms with E-state index in [1.165, 1.54) is 0 Å². The molecule has 118 valence electrons. The number of benzene rings is 1. The van der Waals surface area contributed by atoms with Crippen molar-refractivity contribution >= 4 is 22.8 Å². The van der Waals surface area contributed by atoms with E-state index in [9.17, 15) is 4.79 Å². The van der Waals surface area contributed by atoms with Gasteiger partial charge in [-0.15, -0.1) is 0 Å². The zero-order chi connectivity index (χ0) is 21.6. The van der Waals surface area contributed by atoms with Crippen LogP contribution < -0.4 is 5.73 Å². The van der Waals surface area contributed by atoms with Crippen LogP contribution in [0, 0.1) is 0 Å². The first kappa shape index (κ1) is 9.24. The van der Waals surface area contributed by atoms with E-state index in [1.807, 2.05) is 0 Å². The number of rotatable bonds is 4. The molecule has 0 aliphatic carbocycles. The van der Waals surface area contributed by atoms with E-state index in [0.29, 0.717) is 11.1 Å². The lowest BCUT2D eigenvalue weighted by molar-refractivity contribution is -0.136. The van der Waals surface area contributed by atoms with Crippen molar-refractivity contribution in [3.05, 3.63) is 36.2 Å². The van der Waals surface area contributed by atoms with Crippen LogP contribution >= 0.6 is 0 Å².